The van der Waals surface area contributed by atoms with Gasteiger partial charge < -0.3 is 5.32 Å². The minimum Gasteiger partial charge on any atom is -0.316 e. The van der Waals surface area contributed by atoms with E-state index in [0.29, 0.717) is 5.02 Å². The maximum absolute atomic E-state index is 11.7. The third-order valence-corrected chi connectivity index (χ3v) is 2.40. The summed E-state index contributed by atoms with van der Waals surface area (Å²) in [5.74, 6) is -0.505. The summed E-state index contributed by atoms with van der Waals surface area (Å²) in [5, 5.41) is 19.6. The molecule has 2 rings (SSSR count). The molecule has 2 aromatic rings. The number of aromatic nitrogens is 2. The molecular formula is C10H7ClN4O3. The molecule has 92 valence electrons. The topological polar surface area (TPSA) is 101 Å². The van der Waals surface area contributed by atoms with Gasteiger partial charge >= 0.3 is 0 Å². The molecule has 18 heavy (non-hydrogen) atoms. The van der Waals surface area contributed by atoms with Gasteiger partial charge in [0, 0.05) is 17.3 Å². The number of aromatic amines is 1. The van der Waals surface area contributed by atoms with Crippen molar-refractivity contribution in [3.63, 3.8) is 0 Å². The van der Waals surface area contributed by atoms with Crippen LogP contribution in [0.15, 0.2) is 30.6 Å². The Morgan fingerprint density at radius 3 is 2.89 bits per heavy atom. The van der Waals surface area contributed by atoms with E-state index in [1.54, 1.807) is 0 Å². The monoisotopic (exact) mass is 266 g/mol. The van der Waals surface area contributed by atoms with Crippen LogP contribution < -0.4 is 5.32 Å². The molecule has 0 saturated heterocycles. The van der Waals surface area contributed by atoms with Crippen molar-refractivity contribution in [3.8, 4) is 0 Å². The van der Waals surface area contributed by atoms with E-state index >= 15 is 0 Å². The normalized spacial score (nSPS) is 10.1. The zero-order valence-corrected chi connectivity index (χ0v) is 9.64. The second-order valence-corrected chi connectivity index (χ2v) is 3.80. The number of benzene rings is 1. The van der Waals surface area contributed by atoms with Crippen molar-refractivity contribution in [1.82, 2.24) is 10.2 Å². The van der Waals surface area contributed by atoms with Crippen molar-refractivity contribution in [2.45, 2.75) is 0 Å². The van der Waals surface area contributed by atoms with Gasteiger partial charge in [-0.05, 0) is 12.1 Å². The molecule has 0 spiro atoms. The highest BCUT2D eigenvalue weighted by Gasteiger charge is 2.17. The van der Waals surface area contributed by atoms with Crippen molar-refractivity contribution >= 4 is 28.9 Å². The zero-order valence-electron chi connectivity index (χ0n) is 8.88. The van der Waals surface area contributed by atoms with Gasteiger partial charge in [-0.25, -0.2) is 0 Å². The molecule has 0 aliphatic carbocycles. The average Bonchev–Trinajstić information content (AvgIpc) is 2.81. The van der Waals surface area contributed by atoms with Gasteiger partial charge in [-0.15, -0.1) is 0 Å². The van der Waals surface area contributed by atoms with Gasteiger partial charge in [0.1, 0.15) is 5.69 Å². The fourth-order valence-electron chi connectivity index (χ4n) is 1.34. The zero-order chi connectivity index (χ0) is 13.1. The number of carbonyl (C=O) groups excluding carboxylic acids is 1. The molecule has 0 aliphatic rings. The minimum absolute atomic E-state index is 0.0405. The lowest BCUT2D eigenvalue weighted by Crippen LogP contribution is -2.12. The van der Waals surface area contributed by atoms with Crippen molar-refractivity contribution in [1.29, 1.82) is 0 Å². The van der Waals surface area contributed by atoms with Crippen molar-refractivity contribution in [2.75, 3.05) is 5.32 Å². The van der Waals surface area contributed by atoms with Crippen LogP contribution in [-0.4, -0.2) is 21.0 Å². The number of carbonyl (C=O) groups is 1. The first-order valence-electron chi connectivity index (χ1n) is 4.82. The van der Waals surface area contributed by atoms with E-state index in [9.17, 15) is 14.9 Å². The molecule has 0 saturated carbocycles. The third kappa shape index (κ3) is 2.46. The summed E-state index contributed by atoms with van der Waals surface area (Å²) in [7, 11) is 0. The Bertz CT molecular complexity index is 597. The van der Waals surface area contributed by atoms with Crippen molar-refractivity contribution < 1.29 is 9.72 Å². The highest BCUT2D eigenvalue weighted by Crippen LogP contribution is 2.27. The minimum atomic E-state index is -0.596. The maximum Gasteiger partial charge on any atom is 0.292 e. The quantitative estimate of drug-likeness (QED) is 0.657. The van der Waals surface area contributed by atoms with E-state index < -0.39 is 10.8 Å². The number of H-pyrrole nitrogens is 1. The first-order valence-corrected chi connectivity index (χ1v) is 5.20. The lowest BCUT2D eigenvalue weighted by atomic mass is 10.2. The maximum atomic E-state index is 11.7. The summed E-state index contributed by atoms with van der Waals surface area (Å²) in [6.07, 6.45) is 2.69. The number of hydrogen-bond donors (Lipinski definition) is 2. The van der Waals surface area contributed by atoms with Gasteiger partial charge in [0.05, 0.1) is 16.7 Å². The largest absolute Gasteiger partial charge is 0.316 e. The smallest absolute Gasteiger partial charge is 0.292 e. The van der Waals surface area contributed by atoms with Gasteiger partial charge in [-0.1, -0.05) is 11.6 Å². The molecule has 7 nitrogen and oxygen atoms in total. The summed E-state index contributed by atoms with van der Waals surface area (Å²) in [6, 6.07) is 3.93. The lowest BCUT2D eigenvalue weighted by Gasteiger charge is -2.04. The molecular weight excluding hydrogens is 260 g/mol. The van der Waals surface area contributed by atoms with Crippen LogP contribution in [0.5, 0.6) is 0 Å². The van der Waals surface area contributed by atoms with Crippen LogP contribution in [0, 0.1) is 10.1 Å². The Morgan fingerprint density at radius 2 is 2.28 bits per heavy atom. The number of halogens is 1. The molecule has 1 aromatic carbocycles. The molecule has 0 atom stereocenters. The van der Waals surface area contributed by atoms with Crippen LogP contribution in [0.4, 0.5) is 11.4 Å². The number of rotatable bonds is 3. The Balaban J connectivity index is 2.31. The molecule has 0 radical (unpaired) electrons. The number of hydrogen-bond acceptors (Lipinski definition) is 4. The van der Waals surface area contributed by atoms with E-state index in [-0.39, 0.29) is 16.9 Å². The summed E-state index contributed by atoms with van der Waals surface area (Å²) in [4.78, 5) is 21.9. The molecule has 0 unspecified atom stereocenters. The Kier molecular flexibility index (Phi) is 3.24. The van der Waals surface area contributed by atoms with E-state index in [1.807, 2.05) is 0 Å². The molecule has 1 amide bonds. The fourth-order valence-corrected chi connectivity index (χ4v) is 1.51. The number of amides is 1. The molecule has 8 heteroatoms. The van der Waals surface area contributed by atoms with Crippen LogP contribution in [0.25, 0.3) is 0 Å². The second-order valence-electron chi connectivity index (χ2n) is 3.36. The summed E-state index contributed by atoms with van der Waals surface area (Å²) in [5.41, 5.74) is 0.0826. The Hall–Kier alpha value is -2.41. The Labute approximate surface area is 106 Å². The van der Waals surface area contributed by atoms with Crippen LogP contribution in [0.3, 0.4) is 0 Å². The van der Waals surface area contributed by atoms with Crippen molar-refractivity contribution in [2.24, 2.45) is 0 Å². The SMILES string of the molecule is O=C(Nc1cc(Cl)ccc1[N+](=O)[O-])c1cn[nH]c1. The standard InChI is InChI=1S/C10H7ClN4O3/c11-7-1-2-9(15(17)18)8(3-7)14-10(16)6-4-12-13-5-6/h1-5H,(H,12,13)(H,14,16). The highest BCUT2D eigenvalue weighted by molar-refractivity contribution is 6.31. The van der Waals surface area contributed by atoms with E-state index in [1.165, 1.54) is 30.6 Å². The van der Waals surface area contributed by atoms with Gasteiger partial charge in [0.15, 0.2) is 0 Å². The lowest BCUT2D eigenvalue weighted by molar-refractivity contribution is -0.383. The third-order valence-electron chi connectivity index (χ3n) is 2.16. The van der Waals surface area contributed by atoms with Gasteiger partial charge in [-0.2, -0.15) is 5.10 Å². The molecule has 0 aliphatic heterocycles. The van der Waals surface area contributed by atoms with Gasteiger partial charge in [0.25, 0.3) is 11.6 Å². The predicted octanol–water partition coefficient (Wildman–Crippen LogP) is 2.22. The number of nitro groups is 1. The van der Waals surface area contributed by atoms with Gasteiger partial charge in [-0.3, -0.25) is 20.0 Å². The average molecular weight is 267 g/mol. The highest BCUT2D eigenvalue weighted by atomic mass is 35.5. The molecule has 2 N–H and O–H groups in total. The van der Waals surface area contributed by atoms with Crippen LogP contribution in [0.2, 0.25) is 5.02 Å². The molecule has 0 fully saturated rings. The number of nitro benzene ring substituents is 1. The van der Waals surface area contributed by atoms with Crippen LogP contribution in [0.1, 0.15) is 10.4 Å². The number of nitrogens with one attached hydrogen (secondary N) is 2. The number of nitrogens with zero attached hydrogens (tertiary/aromatic N) is 2. The molecule has 0 bridgehead atoms. The summed E-state index contributed by atoms with van der Waals surface area (Å²) < 4.78 is 0. The summed E-state index contributed by atoms with van der Waals surface area (Å²) >= 11 is 5.74. The van der Waals surface area contributed by atoms with Crippen LogP contribution >= 0.6 is 11.6 Å². The van der Waals surface area contributed by atoms with Crippen molar-refractivity contribution in [3.05, 3.63) is 51.3 Å². The molecule has 1 heterocycles. The first-order chi connectivity index (χ1) is 8.58. The summed E-state index contributed by atoms with van der Waals surface area (Å²) in [6.45, 7) is 0. The first kappa shape index (κ1) is 12.1. The predicted molar refractivity (Wildman–Crippen MR) is 64.6 cm³/mol. The molecule has 1 aromatic heterocycles. The van der Waals surface area contributed by atoms with E-state index in [0.717, 1.165) is 0 Å². The van der Waals surface area contributed by atoms with Crippen LogP contribution in [-0.2, 0) is 0 Å². The van der Waals surface area contributed by atoms with E-state index in [4.69, 9.17) is 11.6 Å². The fraction of sp³-hybridized carbons (Fsp3) is 0. The number of anilines is 1. The second kappa shape index (κ2) is 4.84. The Morgan fingerprint density at radius 1 is 1.50 bits per heavy atom. The van der Waals surface area contributed by atoms with E-state index in [2.05, 4.69) is 15.5 Å². The van der Waals surface area contributed by atoms with Gasteiger partial charge in [0.2, 0.25) is 0 Å².